The molecule has 0 bridgehead atoms. The molecule has 0 saturated carbocycles. The zero-order valence-corrected chi connectivity index (χ0v) is 10.0. The monoisotopic (exact) mass is 286 g/mol. The normalized spacial score (nSPS) is 9.40. The number of benzene rings is 1. The molecule has 1 aromatic carbocycles. The van der Waals surface area contributed by atoms with E-state index in [0.29, 0.717) is 0 Å². The molecule has 2 rings (SSSR count). The Balaban J connectivity index is 0.00000112. The van der Waals surface area contributed by atoms with Gasteiger partial charge in [0.25, 0.3) is 0 Å². The van der Waals surface area contributed by atoms with E-state index in [2.05, 4.69) is 25.9 Å². The zero-order chi connectivity index (χ0) is 9.97. The van der Waals surface area contributed by atoms with Crippen LogP contribution < -0.4 is 5.69 Å². The second kappa shape index (κ2) is 5.09. The number of aromatic amines is 1. The molecule has 15 heavy (non-hydrogen) atoms. The summed E-state index contributed by atoms with van der Waals surface area (Å²) >= 11 is 3.35. The summed E-state index contributed by atoms with van der Waals surface area (Å²) in [4.78, 5) is 17.2. The van der Waals surface area contributed by atoms with E-state index in [0.717, 1.165) is 15.7 Å². The number of halogens is 2. The Morgan fingerprint density at radius 1 is 1.13 bits per heavy atom. The van der Waals surface area contributed by atoms with Gasteiger partial charge in [-0.1, -0.05) is 28.1 Å². The second-order valence-corrected chi connectivity index (χ2v) is 3.71. The molecule has 3 nitrogen and oxygen atoms in total. The van der Waals surface area contributed by atoms with Crippen LogP contribution in [0.3, 0.4) is 0 Å². The smallest absolute Gasteiger partial charge is 0.305 e. The highest BCUT2D eigenvalue weighted by atomic mass is 79.9. The van der Waals surface area contributed by atoms with Crippen molar-refractivity contribution in [2.24, 2.45) is 0 Å². The van der Waals surface area contributed by atoms with E-state index in [1.54, 1.807) is 6.07 Å². The fourth-order valence-electron chi connectivity index (χ4n) is 1.17. The van der Waals surface area contributed by atoms with E-state index < -0.39 is 0 Å². The summed E-state index contributed by atoms with van der Waals surface area (Å²) in [5.41, 5.74) is 1.41. The molecule has 0 atom stereocenters. The molecule has 1 N–H and O–H groups in total. The Kier molecular flexibility index (Phi) is 4.05. The highest BCUT2D eigenvalue weighted by Crippen LogP contribution is 2.18. The van der Waals surface area contributed by atoms with Gasteiger partial charge in [-0.3, -0.25) is 0 Å². The summed E-state index contributed by atoms with van der Waals surface area (Å²) in [6.07, 6.45) is 1.50. The molecule has 0 spiro atoms. The van der Waals surface area contributed by atoms with Gasteiger partial charge in [-0.15, -0.1) is 12.4 Å². The average molecular weight is 288 g/mol. The fourth-order valence-corrected chi connectivity index (χ4v) is 1.43. The first kappa shape index (κ1) is 11.9. The van der Waals surface area contributed by atoms with Gasteiger partial charge in [0.2, 0.25) is 0 Å². The van der Waals surface area contributed by atoms with Crippen LogP contribution in [-0.4, -0.2) is 9.97 Å². The molecule has 0 aliphatic heterocycles. The Morgan fingerprint density at radius 3 is 2.40 bits per heavy atom. The first-order valence-corrected chi connectivity index (χ1v) is 4.86. The number of rotatable bonds is 1. The van der Waals surface area contributed by atoms with Crippen molar-refractivity contribution in [3.8, 4) is 11.3 Å². The van der Waals surface area contributed by atoms with E-state index in [1.165, 1.54) is 6.20 Å². The second-order valence-electron chi connectivity index (χ2n) is 2.80. The van der Waals surface area contributed by atoms with Crippen LogP contribution in [0.15, 0.2) is 45.8 Å². The summed E-state index contributed by atoms with van der Waals surface area (Å²) in [6.45, 7) is 0. The maximum Gasteiger partial charge on any atom is 0.345 e. The van der Waals surface area contributed by atoms with E-state index in [4.69, 9.17) is 0 Å². The molecule has 1 heterocycles. The lowest BCUT2D eigenvalue weighted by molar-refractivity contribution is 1.08. The van der Waals surface area contributed by atoms with Crippen molar-refractivity contribution >= 4 is 28.3 Å². The van der Waals surface area contributed by atoms with Crippen LogP contribution in [-0.2, 0) is 0 Å². The fraction of sp³-hybridized carbons (Fsp3) is 0. The van der Waals surface area contributed by atoms with Crippen molar-refractivity contribution in [3.63, 3.8) is 0 Å². The molecule has 5 heteroatoms. The van der Waals surface area contributed by atoms with Crippen LogP contribution in [0.4, 0.5) is 0 Å². The van der Waals surface area contributed by atoms with E-state index in [1.807, 2.05) is 24.3 Å². The van der Waals surface area contributed by atoms with E-state index in [-0.39, 0.29) is 18.1 Å². The third-order valence-corrected chi connectivity index (χ3v) is 2.36. The minimum absolute atomic E-state index is 0. The summed E-state index contributed by atoms with van der Waals surface area (Å²) in [6, 6.07) is 9.47. The number of hydrogen-bond donors (Lipinski definition) is 1. The Morgan fingerprint density at radius 2 is 1.80 bits per heavy atom. The van der Waals surface area contributed by atoms with Crippen molar-refractivity contribution in [2.75, 3.05) is 0 Å². The first-order valence-electron chi connectivity index (χ1n) is 4.07. The van der Waals surface area contributed by atoms with Crippen molar-refractivity contribution in [1.82, 2.24) is 9.97 Å². The van der Waals surface area contributed by atoms with Gasteiger partial charge in [-0.05, 0) is 23.8 Å². The van der Waals surface area contributed by atoms with Gasteiger partial charge in [0.1, 0.15) is 0 Å². The third-order valence-electron chi connectivity index (χ3n) is 1.83. The zero-order valence-electron chi connectivity index (χ0n) is 7.61. The molecule has 0 amide bonds. The third kappa shape index (κ3) is 2.91. The largest absolute Gasteiger partial charge is 0.345 e. The first-order chi connectivity index (χ1) is 6.75. The number of hydrogen-bond acceptors (Lipinski definition) is 2. The van der Waals surface area contributed by atoms with Crippen LogP contribution in [0.25, 0.3) is 11.3 Å². The minimum Gasteiger partial charge on any atom is -0.305 e. The SMILES string of the molecule is Cl.O=c1nccc(-c2ccc(Br)cc2)[nH]1. The van der Waals surface area contributed by atoms with Crippen LogP contribution >= 0.6 is 28.3 Å². The summed E-state index contributed by atoms with van der Waals surface area (Å²) in [5.74, 6) is 0. The Bertz CT molecular complexity index is 495. The minimum atomic E-state index is -0.328. The number of nitrogens with zero attached hydrogens (tertiary/aromatic N) is 1. The summed E-state index contributed by atoms with van der Waals surface area (Å²) in [5, 5.41) is 0. The molecule has 0 aliphatic rings. The molecule has 0 radical (unpaired) electrons. The Hall–Kier alpha value is -1.13. The molecule has 1 aromatic heterocycles. The molecular weight excluding hydrogens is 279 g/mol. The molecule has 2 aromatic rings. The maximum absolute atomic E-state index is 11.0. The van der Waals surface area contributed by atoms with Gasteiger partial charge < -0.3 is 4.98 Å². The molecule has 0 aliphatic carbocycles. The lowest BCUT2D eigenvalue weighted by atomic mass is 10.1. The highest BCUT2D eigenvalue weighted by molar-refractivity contribution is 9.10. The summed E-state index contributed by atoms with van der Waals surface area (Å²) in [7, 11) is 0. The quantitative estimate of drug-likeness (QED) is 0.876. The molecule has 78 valence electrons. The van der Waals surface area contributed by atoms with Gasteiger partial charge >= 0.3 is 5.69 Å². The van der Waals surface area contributed by atoms with Crippen molar-refractivity contribution in [2.45, 2.75) is 0 Å². The molecule has 0 saturated heterocycles. The predicted molar refractivity (Wildman–Crippen MR) is 65.2 cm³/mol. The van der Waals surface area contributed by atoms with Gasteiger partial charge in [0.15, 0.2) is 0 Å². The van der Waals surface area contributed by atoms with Crippen LogP contribution in [0.1, 0.15) is 0 Å². The average Bonchev–Trinajstić information content (AvgIpc) is 2.19. The molecule has 0 fully saturated rings. The van der Waals surface area contributed by atoms with Crippen LogP contribution in [0.5, 0.6) is 0 Å². The van der Waals surface area contributed by atoms with Gasteiger partial charge in [-0.25, -0.2) is 9.78 Å². The molecular formula is C10H8BrClN2O. The lowest BCUT2D eigenvalue weighted by Crippen LogP contribution is -2.09. The standard InChI is InChI=1S/C10H7BrN2O.ClH/c11-8-3-1-7(2-4-8)9-5-6-12-10(14)13-9;/h1-6H,(H,12,13,14);1H. The van der Waals surface area contributed by atoms with Gasteiger partial charge in [0, 0.05) is 10.7 Å². The van der Waals surface area contributed by atoms with Gasteiger partial charge in [0.05, 0.1) is 5.69 Å². The van der Waals surface area contributed by atoms with Crippen LogP contribution in [0.2, 0.25) is 0 Å². The Labute approximate surface area is 101 Å². The topological polar surface area (TPSA) is 45.8 Å². The van der Waals surface area contributed by atoms with Crippen LogP contribution in [0, 0.1) is 0 Å². The van der Waals surface area contributed by atoms with E-state index in [9.17, 15) is 4.79 Å². The van der Waals surface area contributed by atoms with E-state index >= 15 is 0 Å². The number of H-pyrrole nitrogens is 1. The lowest BCUT2D eigenvalue weighted by Gasteiger charge is -1.99. The maximum atomic E-state index is 11.0. The predicted octanol–water partition coefficient (Wildman–Crippen LogP) is 2.62. The molecule has 0 unspecified atom stereocenters. The van der Waals surface area contributed by atoms with Crippen molar-refractivity contribution in [3.05, 3.63) is 51.5 Å². The number of nitrogens with one attached hydrogen (secondary N) is 1. The number of aromatic nitrogens is 2. The van der Waals surface area contributed by atoms with Gasteiger partial charge in [-0.2, -0.15) is 0 Å². The highest BCUT2D eigenvalue weighted by Gasteiger charge is 1.97. The van der Waals surface area contributed by atoms with Crippen molar-refractivity contribution in [1.29, 1.82) is 0 Å². The summed E-state index contributed by atoms with van der Waals surface area (Å²) < 4.78 is 1.01. The van der Waals surface area contributed by atoms with Crippen molar-refractivity contribution < 1.29 is 0 Å².